The highest BCUT2D eigenvalue weighted by Crippen LogP contribution is 2.35. The van der Waals surface area contributed by atoms with E-state index < -0.39 is 47.6 Å². The predicted octanol–water partition coefficient (Wildman–Crippen LogP) is 3.76. The SMILES string of the molecule is CC1(c2cc(F)ccc2F)NC(=O)N(CC(=O)N2N=C(c3cccs3)CC2c2ccco2)C1=O. The van der Waals surface area contributed by atoms with Crippen LogP contribution in [0.1, 0.15) is 35.6 Å². The predicted molar refractivity (Wildman–Crippen MR) is 118 cm³/mol. The summed E-state index contributed by atoms with van der Waals surface area (Å²) in [5.41, 5.74) is -1.51. The Morgan fingerprint density at radius 2 is 2.09 bits per heavy atom. The number of thiophene rings is 1. The van der Waals surface area contributed by atoms with Crippen LogP contribution >= 0.6 is 11.3 Å². The van der Waals surface area contributed by atoms with Crippen LogP contribution in [0.25, 0.3) is 0 Å². The third-order valence-electron chi connectivity index (χ3n) is 5.88. The van der Waals surface area contributed by atoms with E-state index in [1.807, 2.05) is 17.5 Å². The Bertz CT molecular complexity index is 1310. The first-order valence-corrected chi connectivity index (χ1v) is 11.2. The highest BCUT2D eigenvalue weighted by atomic mass is 32.1. The normalized spacial score (nSPS) is 22.3. The van der Waals surface area contributed by atoms with Gasteiger partial charge in [0.2, 0.25) is 0 Å². The molecule has 34 heavy (non-hydrogen) atoms. The monoisotopic (exact) mass is 484 g/mol. The number of urea groups is 1. The molecule has 11 heteroatoms. The van der Waals surface area contributed by atoms with Crippen LogP contribution in [0.2, 0.25) is 0 Å². The van der Waals surface area contributed by atoms with Gasteiger partial charge in [-0.1, -0.05) is 6.07 Å². The molecule has 4 amide bonds. The number of carbonyl (C=O) groups excluding carboxylic acids is 3. The number of halogens is 2. The number of imide groups is 1. The molecule has 2 atom stereocenters. The van der Waals surface area contributed by atoms with E-state index in [9.17, 15) is 23.2 Å². The number of furan rings is 1. The summed E-state index contributed by atoms with van der Waals surface area (Å²) in [5, 5.41) is 9.93. The van der Waals surface area contributed by atoms with Crippen LogP contribution in [0.5, 0.6) is 0 Å². The molecule has 0 radical (unpaired) electrons. The van der Waals surface area contributed by atoms with Crippen LogP contribution in [-0.2, 0) is 15.1 Å². The van der Waals surface area contributed by atoms with Crippen molar-refractivity contribution in [2.45, 2.75) is 24.9 Å². The van der Waals surface area contributed by atoms with Crippen molar-refractivity contribution in [1.29, 1.82) is 0 Å². The zero-order valence-corrected chi connectivity index (χ0v) is 18.6. The molecule has 0 bridgehead atoms. The van der Waals surface area contributed by atoms with Gasteiger partial charge >= 0.3 is 6.03 Å². The van der Waals surface area contributed by atoms with Crippen molar-refractivity contribution in [2.75, 3.05) is 6.54 Å². The van der Waals surface area contributed by atoms with Gasteiger partial charge in [0.25, 0.3) is 11.8 Å². The molecule has 2 aliphatic rings. The van der Waals surface area contributed by atoms with E-state index in [0.29, 0.717) is 22.8 Å². The number of benzene rings is 1. The molecule has 5 rings (SSSR count). The third kappa shape index (κ3) is 3.58. The van der Waals surface area contributed by atoms with Crippen molar-refractivity contribution >= 4 is 34.9 Å². The highest BCUT2D eigenvalue weighted by molar-refractivity contribution is 7.12. The molecule has 2 aromatic heterocycles. The largest absolute Gasteiger partial charge is 0.467 e. The van der Waals surface area contributed by atoms with Crippen LogP contribution in [0, 0.1) is 11.6 Å². The lowest BCUT2D eigenvalue weighted by Crippen LogP contribution is -2.44. The Morgan fingerprint density at radius 3 is 2.79 bits per heavy atom. The standard InChI is InChI=1S/C23H18F2N4O4S/c1-23(14-10-13(24)6-7-15(14)25)21(31)28(22(32)26-23)12-20(30)29-17(18-4-2-8-33-18)11-16(27-29)19-5-3-9-34-19/h2-10,17H,11-12H2,1H3,(H,26,32). The minimum Gasteiger partial charge on any atom is -0.467 e. The van der Waals surface area contributed by atoms with Crippen LogP contribution in [0.4, 0.5) is 13.6 Å². The van der Waals surface area contributed by atoms with Crippen LogP contribution in [-0.4, -0.2) is 40.0 Å². The minimum absolute atomic E-state index is 0.326. The Labute approximate surface area is 196 Å². The first-order valence-electron chi connectivity index (χ1n) is 10.3. The lowest BCUT2D eigenvalue weighted by molar-refractivity contribution is -0.140. The zero-order valence-electron chi connectivity index (χ0n) is 17.8. The fourth-order valence-electron chi connectivity index (χ4n) is 4.15. The van der Waals surface area contributed by atoms with Gasteiger partial charge in [0, 0.05) is 12.0 Å². The van der Waals surface area contributed by atoms with Crippen molar-refractivity contribution in [3.05, 3.63) is 81.9 Å². The Kier molecular flexibility index (Phi) is 5.28. The van der Waals surface area contributed by atoms with Gasteiger partial charge < -0.3 is 9.73 Å². The molecule has 2 aliphatic heterocycles. The smallest absolute Gasteiger partial charge is 0.325 e. The maximum absolute atomic E-state index is 14.4. The zero-order chi connectivity index (χ0) is 24.0. The number of hydrogen-bond donors (Lipinski definition) is 1. The molecule has 4 heterocycles. The number of hydrogen-bond acceptors (Lipinski definition) is 6. The van der Waals surface area contributed by atoms with Gasteiger partial charge in [0.1, 0.15) is 35.5 Å². The Morgan fingerprint density at radius 1 is 1.26 bits per heavy atom. The second kappa shape index (κ2) is 8.17. The van der Waals surface area contributed by atoms with E-state index in [2.05, 4.69) is 10.4 Å². The first kappa shape index (κ1) is 22.0. The third-order valence-corrected chi connectivity index (χ3v) is 6.80. The summed E-state index contributed by atoms with van der Waals surface area (Å²) in [6, 6.07) is 8.37. The van der Waals surface area contributed by atoms with Crippen molar-refractivity contribution in [3.63, 3.8) is 0 Å². The van der Waals surface area contributed by atoms with Gasteiger partial charge in [0.05, 0.1) is 16.9 Å². The van der Waals surface area contributed by atoms with Crippen LogP contribution in [0.3, 0.4) is 0 Å². The van der Waals surface area contributed by atoms with Crippen molar-refractivity contribution in [2.24, 2.45) is 5.10 Å². The van der Waals surface area contributed by atoms with Crippen LogP contribution < -0.4 is 5.32 Å². The average molecular weight is 484 g/mol. The van der Waals surface area contributed by atoms with E-state index in [1.54, 1.807) is 12.1 Å². The van der Waals surface area contributed by atoms with E-state index in [-0.39, 0.29) is 5.56 Å². The van der Waals surface area contributed by atoms with Crippen molar-refractivity contribution in [3.8, 4) is 0 Å². The molecular formula is C23H18F2N4O4S. The number of rotatable bonds is 5. The summed E-state index contributed by atoms with van der Waals surface area (Å²) in [6.45, 7) is 0.639. The molecule has 1 aromatic carbocycles. The van der Waals surface area contributed by atoms with E-state index in [0.717, 1.165) is 23.1 Å². The lowest BCUT2D eigenvalue weighted by Gasteiger charge is -2.24. The Hall–Kier alpha value is -3.86. The fraction of sp³-hybridized carbons (Fsp3) is 0.217. The summed E-state index contributed by atoms with van der Waals surface area (Å²) in [6.07, 6.45) is 1.88. The number of carbonyl (C=O) groups is 3. The summed E-state index contributed by atoms with van der Waals surface area (Å²) in [4.78, 5) is 40.6. The molecule has 8 nitrogen and oxygen atoms in total. The topological polar surface area (TPSA) is 95.2 Å². The Balaban J connectivity index is 1.42. The van der Waals surface area contributed by atoms with Crippen molar-refractivity contribution in [1.82, 2.24) is 15.2 Å². The van der Waals surface area contributed by atoms with E-state index in [1.165, 1.54) is 29.5 Å². The number of nitrogens with zero attached hydrogens (tertiary/aromatic N) is 3. The summed E-state index contributed by atoms with van der Waals surface area (Å²) in [5.74, 6) is -2.60. The lowest BCUT2D eigenvalue weighted by atomic mass is 9.91. The van der Waals surface area contributed by atoms with Gasteiger partial charge in [-0.25, -0.2) is 18.6 Å². The molecule has 2 unspecified atom stereocenters. The maximum Gasteiger partial charge on any atom is 0.325 e. The van der Waals surface area contributed by atoms with E-state index >= 15 is 0 Å². The second-order valence-corrected chi connectivity index (χ2v) is 9.02. The molecule has 0 saturated carbocycles. The average Bonchev–Trinajstić information content (AvgIpc) is 3.60. The molecule has 1 saturated heterocycles. The summed E-state index contributed by atoms with van der Waals surface area (Å²) < 4.78 is 33.6. The van der Waals surface area contributed by atoms with Crippen molar-refractivity contribution < 1.29 is 27.6 Å². The van der Waals surface area contributed by atoms with Gasteiger partial charge in [-0.2, -0.15) is 5.10 Å². The number of nitrogens with one attached hydrogen (secondary N) is 1. The number of amides is 4. The maximum atomic E-state index is 14.4. The molecule has 1 N–H and O–H groups in total. The van der Waals surface area contributed by atoms with Gasteiger partial charge in [-0.05, 0) is 48.7 Å². The van der Waals surface area contributed by atoms with E-state index in [4.69, 9.17) is 4.42 Å². The minimum atomic E-state index is -1.86. The molecule has 0 spiro atoms. The summed E-state index contributed by atoms with van der Waals surface area (Å²) in [7, 11) is 0. The van der Waals surface area contributed by atoms with Gasteiger partial charge in [0.15, 0.2) is 0 Å². The number of hydrazone groups is 1. The van der Waals surface area contributed by atoms with Gasteiger partial charge in [-0.15, -0.1) is 11.3 Å². The van der Waals surface area contributed by atoms with Crippen LogP contribution in [0.15, 0.2) is 63.6 Å². The molecule has 174 valence electrons. The fourth-order valence-corrected chi connectivity index (χ4v) is 4.87. The highest BCUT2D eigenvalue weighted by Gasteiger charge is 2.51. The molecule has 3 aromatic rings. The molecule has 0 aliphatic carbocycles. The quantitative estimate of drug-likeness (QED) is 0.558. The molecular weight excluding hydrogens is 466 g/mol. The summed E-state index contributed by atoms with van der Waals surface area (Å²) >= 11 is 1.47. The first-order chi connectivity index (χ1) is 16.3. The van der Waals surface area contributed by atoms with Gasteiger partial charge in [-0.3, -0.25) is 14.5 Å². The second-order valence-electron chi connectivity index (χ2n) is 8.07. The molecule has 1 fully saturated rings.